The number of ether oxygens (including phenoxy) is 1. The molecule has 2 aromatic heterocycles. The summed E-state index contributed by atoms with van der Waals surface area (Å²) in [5.41, 5.74) is 5.12. The molecule has 0 bridgehead atoms. The number of H-pyrrole nitrogens is 1. The van der Waals surface area contributed by atoms with Crippen molar-refractivity contribution in [1.82, 2.24) is 19.5 Å². The molecule has 0 saturated carbocycles. The van der Waals surface area contributed by atoms with Crippen LogP contribution < -0.4 is 11.3 Å². The molecular formula is C20H31N5O23P2. The van der Waals surface area contributed by atoms with Crippen LogP contribution >= 0.6 is 15.2 Å². The summed E-state index contributed by atoms with van der Waals surface area (Å²) >= 11 is 0. The van der Waals surface area contributed by atoms with Crippen LogP contribution in [0.3, 0.4) is 0 Å². The van der Waals surface area contributed by atoms with Crippen molar-refractivity contribution in [2.75, 3.05) is 12.3 Å². The van der Waals surface area contributed by atoms with Crippen LogP contribution in [-0.4, -0.2) is 162 Å². The van der Waals surface area contributed by atoms with Gasteiger partial charge in [0.2, 0.25) is 17.6 Å². The van der Waals surface area contributed by atoms with E-state index in [9.17, 15) is 48.1 Å². The zero-order valence-electron chi connectivity index (χ0n) is 24.7. The van der Waals surface area contributed by atoms with Gasteiger partial charge in [-0.25, -0.2) is 19.4 Å². The predicted molar refractivity (Wildman–Crippen MR) is 152 cm³/mol. The summed E-state index contributed by atoms with van der Waals surface area (Å²) in [6, 6.07) is 0. The largest absolute Gasteiger partial charge is 0.481 e. The second-order valence-electron chi connectivity index (χ2n) is 9.36. The number of carboxylic acids is 4. The van der Waals surface area contributed by atoms with E-state index in [0.717, 1.165) is 6.92 Å². The van der Waals surface area contributed by atoms with E-state index in [1.165, 1.54) is 10.9 Å². The number of nitrogens with zero attached hydrogens (tertiary/aromatic N) is 3. The summed E-state index contributed by atoms with van der Waals surface area (Å²) < 4.78 is 27.6. The lowest BCUT2D eigenvalue weighted by molar-refractivity contribution is -0.157. The standard InChI is InChI=1S/C10H13N5O5.C4H6O5.C3H8O10P2.C3H4O3/c11-10-13-7-4(8(19)14-10)12-2-15(7)9-6(18)5(17)3(1-16)20-9;5-2(4(8)9)1-3(6)7;4-1(5)3(7,15(11,12)13)2(6)14(8,9)10;1-2(4)3(5)6/h2-3,5-6,9,16-18H,1H2,(H3,11,13,14,19);2,5H,1H2,(H,6,7)(H,8,9);2,6-7H,(H,4,5)(H2,8,9,10)(H2,11,12,13);1H3,(H,5,6)/t3-,5-,6-,9-;;;/m1.../s1. The number of rotatable bonds is 10. The maximum Gasteiger partial charge on any atom is 0.372 e. The second-order valence-corrected chi connectivity index (χ2v) is 12.8. The van der Waals surface area contributed by atoms with Crippen molar-refractivity contribution in [1.29, 1.82) is 0 Å². The van der Waals surface area contributed by atoms with E-state index in [1.807, 2.05) is 0 Å². The third-order valence-corrected chi connectivity index (χ3v) is 8.17. The van der Waals surface area contributed by atoms with Gasteiger partial charge < -0.3 is 81.1 Å². The molecule has 3 unspecified atom stereocenters. The molecular weight excluding hydrogens is 740 g/mol. The molecule has 7 atom stereocenters. The van der Waals surface area contributed by atoms with Crippen LogP contribution in [0.15, 0.2) is 11.1 Å². The number of aromatic nitrogens is 4. The molecule has 50 heavy (non-hydrogen) atoms. The molecule has 0 aromatic carbocycles. The first-order valence-electron chi connectivity index (χ1n) is 12.5. The Kier molecular flexibility index (Phi) is 16.6. The first-order valence-corrected chi connectivity index (χ1v) is 15.8. The number of carboxylic acid groups (broad SMARTS) is 4. The van der Waals surface area contributed by atoms with Crippen molar-refractivity contribution in [2.24, 2.45) is 0 Å². The number of hydrogen-bond acceptors (Lipinski definition) is 18. The number of aliphatic hydroxyl groups excluding tert-OH is 5. The van der Waals surface area contributed by atoms with Gasteiger partial charge in [0, 0.05) is 6.92 Å². The number of aliphatic carboxylic acids is 4. The summed E-state index contributed by atoms with van der Waals surface area (Å²) in [5.74, 6) is -11.2. The molecule has 28 nitrogen and oxygen atoms in total. The highest BCUT2D eigenvalue weighted by atomic mass is 31.2. The Morgan fingerprint density at radius 2 is 1.54 bits per heavy atom. The predicted octanol–water partition coefficient (Wildman–Crippen LogP) is -6.69. The smallest absolute Gasteiger partial charge is 0.372 e. The van der Waals surface area contributed by atoms with E-state index in [2.05, 4.69) is 15.0 Å². The number of carbonyl (C=O) groups excluding carboxylic acids is 1. The summed E-state index contributed by atoms with van der Waals surface area (Å²) in [7, 11) is -11.5. The molecule has 0 aliphatic carbocycles. The Hall–Kier alpha value is -4.28. The van der Waals surface area contributed by atoms with Crippen molar-refractivity contribution >= 4 is 62.0 Å². The molecule has 17 N–H and O–H groups in total. The summed E-state index contributed by atoms with van der Waals surface area (Å²) in [4.78, 5) is 104. The van der Waals surface area contributed by atoms with Gasteiger partial charge in [0.25, 0.3) is 5.56 Å². The Labute approximate surface area is 274 Å². The first-order chi connectivity index (χ1) is 22.6. The molecule has 3 heterocycles. The van der Waals surface area contributed by atoms with E-state index in [1.54, 1.807) is 0 Å². The van der Waals surface area contributed by atoms with Gasteiger partial charge in [0.15, 0.2) is 23.5 Å². The molecule has 3 rings (SSSR count). The van der Waals surface area contributed by atoms with Crippen molar-refractivity contribution < 1.29 is 108 Å². The van der Waals surface area contributed by atoms with Gasteiger partial charge in [-0.3, -0.25) is 33.1 Å². The SMILES string of the molecule is CC(=O)C(=O)O.Nc1nc2c(ncn2[C@@H]2O[C@H](CO)[C@@H](O)[C@H]2O)c(=O)[nH]1.O=C(O)C(O)(C(O)P(=O)(O)O)P(=O)(O)O.O=C(O)CC(O)C(=O)O. The summed E-state index contributed by atoms with van der Waals surface area (Å²) in [5, 5.41) is 82.2. The maximum atomic E-state index is 11.7. The highest BCUT2D eigenvalue weighted by Gasteiger charge is 2.64. The Morgan fingerprint density at radius 1 is 1.04 bits per heavy atom. The van der Waals surface area contributed by atoms with Crippen LogP contribution in [0.1, 0.15) is 19.6 Å². The van der Waals surface area contributed by atoms with Crippen LogP contribution in [0.2, 0.25) is 0 Å². The van der Waals surface area contributed by atoms with Crippen LogP contribution in [0.25, 0.3) is 11.2 Å². The lowest BCUT2D eigenvalue weighted by Crippen LogP contribution is -2.48. The average Bonchev–Trinajstić information content (AvgIpc) is 3.51. The van der Waals surface area contributed by atoms with Gasteiger partial charge in [0.05, 0.1) is 19.4 Å². The number of imidazole rings is 1. The van der Waals surface area contributed by atoms with Crippen LogP contribution in [0.4, 0.5) is 5.95 Å². The second kappa shape index (κ2) is 18.1. The van der Waals surface area contributed by atoms with Gasteiger partial charge >= 0.3 is 44.4 Å². The first kappa shape index (κ1) is 45.7. The number of fused-ring (bicyclic) bond motifs is 1. The van der Waals surface area contributed by atoms with Gasteiger partial charge in [-0.1, -0.05) is 0 Å². The quantitative estimate of drug-likeness (QED) is 0.0788. The van der Waals surface area contributed by atoms with Gasteiger partial charge in [-0.15, -0.1) is 0 Å². The third kappa shape index (κ3) is 11.9. The Balaban J connectivity index is 0.000000707. The number of Topliss-reactive ketones (excluding diaryl/α,β-unsaturated/α-hetero) is 1. The van der Waals surface area contributed by atoms with E-state index in [0.29, 0.717) is 0 Å². The molecule has 0 radical (unpaired) electrons. The number of aromatic amines is 1. The third-order valence-electron chi connectivity index (χ3n) is 5.63. The summed E-state index contributed by atoms with van der Waals surface area (Å²) in [6.07, 6.45) is -5.76. The summed E-state index contributed by atoms with van der Waals surface area (Å²) in [6.45, 7) is 0.555. The molecule has 1 fully saturated rings. The number of anilines is 1. The van der Waals surface area contributed by atoms with Gasteiger partial charge in [-0.2, -0.15) is 4.98 Å². The topological polar surface area (TPSA) is 502 Å². The van der Waals surface area contributed by atoms with E-state index < -0.39 is 105 Å². The molecule has 1 aliphatic heterocycles. The van der Waals surface area contributed by atoms with Gasteiger partial charge in [0.1, 0.15) is 18.3 Å². The monoisotopic (exact) mass is 771 g/mol. The van der Waals surface area contributed by atoms with Crippen molar-refractivity contribution in [3.63, 3.8) is 0 Å². The van der Waals surface area contributed by atoms with Crippen LogP contribution in [-0.2, 0) is 37.8 Å². The minimum absolute atomic E-state index is 0.0388. The molecule has 1 saturated heterocycles. The highest BCUT2D eigenvalue weighted by molar-refractivity contribution is 7.58. The minimum atomic E-state index is -5.88. The number of nitrogens with one attached hydrogen (secondary N) is 1. The number of nitrogen functional groups attached to an aromatic ring is 1. The maximum absolute atomic E-state index is 11.7. The lowest BCUT2D eigenvalue weighted by Gasteiger charge is -2.28. The fourth-order valence-corrected chi connectivity index (χ4v) is 5.14. The fraction of sp³-hybridized carbons (Fsp3) is 0.500. The molecule has 1 aliphatic rings. The Morgan fingerprint density at radius 3 is 1.84 bits per heavy atom. The molecule has 2 aromatic rings. The van der Waals surface area contributed by atoms with Gasteiger partial charge in [-0.05, 0) is 0 Å². The van der Waals surface area contributed by atoms with Crippen molar-refractivity contribution in [3.8, 4) is 0 Å². The normalized spacial score (nSPS) is 21.0. The van der Waals surface area contributed by atoms with E-state index >= 15 is 0 Å². The number of aliphatic hydroxyl groups is 6. The number of ketones is 1. The van der Waals surface area contributed by atoms with Crippen molar-refractivity contribution in [2.45, 2.75) is 55.2 Å². The van der Waals surface area contributed by atoms with Crippen LogP contribution in [0, 0.1) is 0 Å². The highest BCUT2D eigenvalue weighted by Crippen LogP contribution is 2.59. The zero-order chi connectivity index (χ0) is 39.7. The zero-order valence-corrected chi connectivity index (χ0v) is 26.5. The lowest BCUT2D eigenvalue weighted by atomic mass is 10.1. The molecule has 0 spiro atoms. The fourth-order valence-electron chi connectivity index (χ4n) is 3.11. The molecule has 30 heteroatoms. The van der Waals surface area contributed by atoms with E-state index in [-0.39, 0.29) is 17.1 Å². The number of nitrogens with two attached hydrogens (primary N) is 1. The molecule has 284 valence electrons. The minimum Gasteiger partial charge on any atom is -0.481 e. The van der Waals surface area contributed by atoms with E-state index in [4.69, 9.17) is 70.9 Å². The van der Waals surface area contributed by atoms with Crippen LogP contribution in [0.5, 0.6) is 0 Å². The average molecular weight is 771 g/mol. The number of hydrogen-bond donors (Lipinski definition) is 16. The molecule has 0 amide bonds. The number of carbonyl (C=O) groups is 5. The van der Waals surface area contributed by atoms with Crippen molar-refractivity contribution in [3.05, 3.63) is 16.7 Å². The Bertz CT molecular complexity index is 1690.